The Morgan fingerprint density at radius 2 is 2.13 bits per heavy atom. The summed E-state index contributed by atoms with van der Waals surface area (Å²) in [5.74, 6) is 1.98. The van der Waals surface area contributed by atoms with Gasteiger partial charge in [0, 0.05) is 19.6 Å². The first-order valence-electron chi connectivity index (χ1n) is 7.71. The second kappa shape index (κ2) is 6.97. The molecule has 1 saturated heterocycles. The average Bonchev–Trinajstić information content (AvgIpc) is 3.17. The molecule has 1 atom stereocenters. The van der Waals surface area contributed by atoms with Gasteiger partial charge in [-0.25, -0.2) is 4.98 Å². The zero-order valence-corrected chi connectivity index (χ0v) is 13.4. The molecule has 0 aromatic carbocycles. The van der Waals surface area contributed by atoms with Crippen molar-refractivity contribution in [1.82, 2.24) is 15.2 Å². The molecular formula is C16H21N3O4. The predicted molar refractivity (Wildman–Crippen MR) is 82.2 cm³/mol. The molecule has 0 aliphatic carbocycles. The number of aryl methyl sites for hydroxylation is 2. The van der Waals surface area contributed by atoms with Crippen LogP contribution in [0.5, 0.6) is 0 Å². The number of hydrogen-bond acceptors (Lipinski definition) is 6. The fraction of sp³-hybridized carbons (Fsp3) is 0.500. The lowest BCUT2D eigenvalue weighted by molar-refractivity contribution is 0.0117. The van der Waals surface area contributed by atoms with Gasteiger partial charge in [-0.15, -0.1) is 0 Å². The van der Waals surface area contributed by atoms with Crippen LogP contribution in [0, 0.1) is 13.8 Å². The van der Waals surface area contributed by atoms with Crippen LogP contribution >= 0.6 is 0 Å². The molecule has 0 bridgehead atoms. The Morgan fingerprint density at radius 3 is 2.74 bits per heavy atom. The van der Waals surface area contributed by atoms with E-state index in [2.05, 4.69) is 15.2 Å². The Balaban J connectivity index is 1.71. The van der Waals surface area contributed by atoms with E-state index >= 15 is 0 Å². The number of nitrogens with zero attached hydrogens (tertiary/aromatic N) is 2. The van der Waals surface area contributed by atoms with E-state index in [9.17, 15) is 4.79 Å². The van der Waals surface area contributed by atoms with Crippen molar-refractivity contribution in [2.24, 2.45) is 0 Å². The molecule has 1 aliphatic rings. The van der Waals surface area contributed by atoms with Crippen LogP contribution in [0.1, 0.15) is 33.8 Å². The average molecular weight is 319 g/mol. The topological polar surface area (TPSA) is 80.7 Å². The van der Waals surface area contributed by atoms with Gasteiger partial charge in [0.25, 0.3) is 5.91 Å². The number of rotatable bonds is 5. The number of carbonyl (C=O) groups is 1. The van der Waals surface area contributed by atoms with Gasteiger partial charge in [0.15, 0.2) is 12.1 Å². The number of aromatic nitrogens is 1. The third-order valence-corrected chi connectivity index (χ3v) is 3.99. The van der Waals surface area contributed by atoms with E-state index in [1.807, 2.05) is 19.1 Å². The molecule has 2 aromatic rings. The summed E-state index contributed by atoms with van der Waals surface area (Å²) in [4.78, 5) is 18.5. The molecule has 124 valence electrons. The molecule has 1 unspecified atom stereocenters. The van der Waals surface area contributed by atoms with E-state index in [0.717, 1.165) is 24.6 Å². The molecule has 1 N–H and O–H groups in total. The number of oxazole rings is 1. The van der Waals surface area contributed by atoms with E-state index in [-0.39, 0.29) is 11.9 Å². The van der Waals surface area contributed by atoms with Crippen LogP contribution in [-0.2, 0) is 4.74 Å². The van der Waals surface area contributed by atoms with Gasteiger partial charge in [-0.2, -0.15) is 0 Å². The summed E-state index contributed by atoms with van der Waals surface area (Å²) >= 11 is 0. The van der Waals surface area contributed by atoms with Gasteiger partial charge >= 0.3 is 0 Å². The summed E-state index contributed by atoms with van der Waals surface area (Å²) in [5, 5.41) is 2.93. The molecule has 2 aromatic heterocycles. The van der Waals surface area contributed by atoms with E-state index in [0.29, 0.717) is 31.2 Å². The molecule has 7 heteroatoms. The van der Waals surface area contributed by atoms with Crippen LogP contribution in [0.15, 0.2) is 27.4 Å². The predicted octanol–water partition coefficient (Wildman–Crippen LogP) is 1.69. The maximum absolute atomic E-state index is 12.2. The quantitative estimate of drug-likeness (QED) is 0.903. The number of nitrogens with one attached hydrogen (secondary N) is 1. The van der Waals surface area contributed by atoms with Crippen LogP contribution in [0.25, 0.3) is 0 Å². The fourth-order valence-electron chi connectivity index (χ4n) is 2.73. The van der Waals surface area contributed by atoms with E-state index < -0.39 is 0 Å². The van der Waals surface area contributed by atoms with Crippen molar-refractivity contribution in [2.45, 2.75) is 19.9 Å². The fourth-order valence-corrected chi connectivity index (χ4v) is 2.73. The monoisotopic (exact) mass is 319 g/mol. The van der Waals surface area contributed by atoms with E-state index in [4.69, 9.17) is 13.6 Å². The van der Waals surface area contributed by atoms with Crippen molar-refractivity contribution in [3.05, 3.63) is 41.5 Å². The van der Waals surface area contributed by atoms with Crippen molar-refractivity contribution in [2.75, 3.05) is 32.8 Å². The maximum Gasteiger partial charge on any atom is 0.273 e. The molecule has 1 fully saturated rings. The Labute approximate surface area is 134 Å². The third kappa shape index (κ3) is 3.62. The highest BCUT2D eigenvalue weighted by Crippen LogP contribution is 2.23. The standard InChI is InChI=1S/C16H21N3O4/c1-11-3-4-14(23-11)13(19-5-7-21-8-6-19)9-17-16(20)15-12(2)22-10-18-15/h3-4,10,13H,5-9H2,1-2H3,(H,17,20). The molecule has 0 saturated carbocycles. The minimum absolute atomic E-state index is 0.0243. The lowest BCUT2D eigenvalue weighted by Gasteiger charge is -2.33. The molecular weight excluding hydrogens is 298 g/mol. The van der Waals surface area contributed by atoms with Crippen molar-refractivity contribution < 1.29 is 18.4 Å². The Morgan fingerprint density at radius 1 is 1.35 bits per heavy atom. The van der Waals surface area contributed by atoms with E-state index in [1.165, 1.54) is 6.39 Å². The lowest BCUT2D eigenvalue weighted by atomic mass is 10.1. The van der Waals surface area contributed by atoms with Gasteiger partial charge in [-0.1, -0.05) is 0 Å². The van der Waals surface area contributed by atoms with Crippen LogP contribution in [0.2, 0.25) is 0 Å². The van der Waals surface area contributed by atoms with Gasteiger partial charge in [0.1, 0.15) is 17.3 Å². The van der Waals surface area contributed by atoms with Gasteiger partial charge in [0.2, 0.25) is 0 Å². The van der Waals surface area contributed by atoms with Crippen molar-refractivity contribution in [1.29, 1.82) is 0 Å². The van der Waals surface area contributed by atoms with Crippen LogP contribution in [-0.4, -0.2) is 48.6 Å². The highest BCUT2D eigenvalue weighted by molar-refractivity contribution is 5.93. The van der Waals surface area contributed by atoms with Crippen LogP contribution < -0.4 is 5.32 Å². The second-order valence-corrected chi connectivity index (χ2v) is 5.58. The van der Waals surface area contributed by atoms with Crippen molar-refractivity contribution >= 4 is 5.91 Å². The molecule has 23 heavy (non-hydrogen) atoms. The van der Waals surface area contributed by atoms with Crippen molar-refractivity contribution in [3.63, 3.8) is 0 Å². The lowest BCUT2D eigenvalue weighted by Crippen LogP contribution is -2.43. The number of carbonyl (C=O) groups excluding carboxylic acids is 1. The normalized spacial score (nSPS) is 17.1. The highest BCUT2D eigenvalue weighted by Gasteiger charge is 2.26. The summed E-state index contributed by atoms with van der Waals surface area (Å²) in [7, 11) is 0. The SMILES string of the molecule is Cc1ccc(C(CNC(=O)c2ncoc2C)N2CCOCC2)o1. The number of amides is 1. The number of ether oxygens (including phenoxy) is 1. The van der Waals surface area contributed by atoms with Crippen LogP contribution in [0.4, 0.5) is 0 Å². The summed E-state index contributed by atoms with van der Waals surface area (Å²) in [6.07, 6.45) is 1.28. The first kappa shape index (κ1) is 15.8. The third-order valence-electron chi connectivity index (χ3n) is 3.99. The summed E-state index contributed by atoms with van der Waals surface area (Å²) in [6, 6.07) is 3.87. The first-order valence-corrected chi connectivity index (χ1v) is 7.71. The summed E-state index contributed by atoms with van der Waals surface area (Å²) in [5.41, 5.74) is 0.321. The molecule has 3 rings (SSSR count). The summed E-state index contributed by atoms with van der Waals surface area (Å²) in [6.45, 7) is 7.07. The minimum Gasteiger partial charge on any atom is -0.465 e. The van der Waals surface area contributed by atoms with Gasteiger partial charge in [-0.3, -0.25) is 9.69 Å². The highest BCUT2D eigenvalue weighted by atomic mass is 16.5. The Kier molecular flexibility index (Phi) is 4.78. The smallest absolute Gasteiger partial charge is 0.273 e. The largest absolute Gasteiger partial charge is 0.465 e. The minimum atomic E-state index is -0.238. The zero-order chi connectivity index (χ0) is 16.2. The maximum atomic E-state index is 12.2. The Hall–Kier alpha value is -2.12. The molecule has 0 spiro atoms. The number of furan rings is 1. The molecule has 1 amide bonds. The number of morpholine rings is 1. The Bertz CT molecular complexity index is 658. The molecule has 7 nitrogen and oxygen atoms in total. The van der Waals surface area contributed by atoms with Crippen LogP contribution in [0.3, 0.4) is 0 Å². The zero-order valence-electron chi connectivity index (χ0n) is 13.4. The van der Waals surface area contributed by atoms with E-state index in [1.54, 1.807) is 6.92 Å². The van der Waals surface area contributed by atoms with Gasteiger partial charge in [0.05, 0.1) is 19.3 Å². The molecule has 1 aliphatic heterocycles. The molecule has 0 radical (unpaired) electrons. The molecule has 3 heterocycles. The van der Waals surface area contributed by atoms with Crippen molar-refractivity contribution in [3.8, 4) is 0 Å². The summed E-state index contributed by atoms with van der Waals surface area (Å²) < 4.78 is 16.3. The second-order valence-electron chi connectivity index (χ2n) is 5.58. The first-order chi connectivity index (χ1) is 11.1. The van der Waals surface area contributed by atoms with Gasteiger partial charge in [-0.05, 0) is 26.0 Å². The van der Waals surface area contributed by atoms with Gasteiger partial charge < -0.3 is 18.9 Å². The number of hydrogen-bond donors (Lipinski definition) is 1.